The van der Waals surface area contributed by atoms with Crippen LogP contribution < -0.4 is 11.4 Å². The predicted molar refractivity (Wildman–Crippen MR) is 103 cm³/mol. The van der Waals surface area contributed by atoms with Gasteiger partial charge in [-0.1, -0.05) is 34.1 Å². The molecule has 2 N–H and O–H groups in total. The van der Waals surface area contributed by atoms with Crippen molar-refractivity contribution in [3.05, 3.63) is 22.7 Å². The molecule has 1 heterocycles. The number of nitrogens with two attached hydrogens (primary N) is 1. The Labute approximate surface area is 152 Å². The molecule has 0 aromatic carbocycles. The van der Waals surface area contributed by atoms with Crippen LogP contribution >= 0.6 is 0 Å². The lowest BCUT2D eigenvalue weighted by Crippen LogP contribution is -2.46. The van der Waals surface area contributed by atoms with E-state index in [9.17, 15) is 4.79 Å². The molecular formula is C21H35N3O. The fraction of sp³-hybridized carbons (Fsp3) is 0.810. The first-order valence-electron chi connectivity index (χ1n) is 10.1. The van der Waals surface area contributed by atoms with Crippen LogP contribution in [0.4, 0.5) is 5.82 Å². The smallest absolute Gasteiger partial charge is 0.349 e. The molecule has 0 saturated heterocycles. The van der Waals surface area contributed by atoms with Crippen molar-refractivity contribution in [2.45, 2.75) is 72.8 Å². The third-order valence-electron chi connectivity index (χ3n) is 7.61. The van der Waals surface area contributed by atoms with Crippen molar-refractivity contribution in [3.8, 4) is 0 Å². The van der Waals surface area contributed by atoms with Crippen LogP contribution in [0.2, 0.25) is 0 Å². The maximum atomic E-state index is 12.1. The van der Waals surface area contributed by atoms with Gasteiger partial charge in [-0.25, -0.2) is 4.79 Å². The molecule has 2 aliphatic carbocycles. The standard InChI is InChI=1S/C21H35N3O/c1-6-16(12-21(5)8-9-21)13(2)17-11-18(14(17)3)15(4)24-10-7-19(22)23-20(24)25/h7,10,13-18H,6,8-9,11-12H2,1-5H3,(H2,22,23,25). The lowest BCUT2D eigenvalue weighted by atomic mass is 9.56. The number of rotatable bonds is 7. The summed E-state index contributed by atoms with van der Waals surface area (Å²) in [6, 6.07) is 1.92. The van der Waals surface area contributed by atoms with Gasteiger partial charge >= 0.3 is 5.69 Å². The Kier molecular flexibility index (Phi) is 5.00. The summed E-state index contributed by atoms with van der Waals surface area (Å²) in [5.74, 6) is 3.94. The van der Waals surface area contributed by atoms with Gasteiger partial charge in [0.25, 0.3) is 0 Å². The van der Waals surface area contributed by atoms with Gasteiger partial charge in [0.05, 0.1) is 0 Å². The Balaban J connectivity index is 1.63. The van der Waals surface area contributed by atoms with Crippen molar-refractivity contribution < 1.29 is 0 Å². The van der Waals surface area contributed by atoms with E-state index in [1.165, 1.54) is 32.1 Å². The van der Waals surface area contributed by atoms with Gasteiger partial charge in [-0.2, -0.15) is 4.98 Å². The molecule has 0 radical (unpaired) electrons. The van der Waals surface area contributed by atoms with E-state index in [-0.39, 0.29) is 11.7 Å². The van der Waals surface area contributed by atoms with Gasteiger partial charge in [0.15, 0.2) is 0 Å². The molecule has 6 unspecified atom stereocenters. The number of hydrogen-bond acceptors (Lipinski definition) is 3. The lowest BCUT2D eigenvalue weighted by Gasteiger charge is -2.51. The number of hydrogen-bond donors (Lipinski definition) is 1. The Morgan fingerprint density at radius 1 is 1.36 bits per heavy atom. The topological polar surface area (TPSA) is 60.9 Å². The third kappa shape index (κ3) is 3.63. The van der Waals surface area contributed by atoms with E-state index in [4.69, 9.17) is 5.73 Å². The molecule has 0 spiro atoms. The fourth-order valence-electron chi connectivity index (χ4n) is 5.24. The van der Waals surface area contributed by atoms with Gasteiger partial charge in [0, 0.05) is 12.2 Å². The van der Waals surface area contributed by atoms with Gasteiger partial charge in [-0.3, -0.25) is 4.57 Å². The van der Waals surface area contributed by atoms with Crippen molar-refractivity contribution in [2.24, 2.45) is 35.0 Å². The van der Waals surface area contributed by atoms with Gasteiger partial charge < -0.3 is 5.73 Å². The minimum absolute atomic E-state index is 0.195. The van der Waals surface area contributed by atoms with Gasteiger partial charge in [-0.05, 0) is 73.7 Å². The summed E-state index contributed by atoms with van der Waals surface area (Å²) in [5.41, 5.74) is 6.04. The lowest BCUT2D eigenvalue weighted by molar-refractivity contribution is -0.0135. The van der Waals surface area contributed by atoms with Crippen LogP contribution in [0.15, 0.2) is 17.1 Å². The molecule has 2 aliphatic rings. The molecule has 2 fully saturated rings. The van der Waals surface area contributed by atoms with Crippen molar-refractivity contribution in [3.63, 3.8) is 0 Å². The third-order valence-corrected chi connectivity index (χ3v) is 7.61. The molecule has 3 rings (SSSR count). The largest absolute Gasteiger partial charge is 0.383 e. The first-order valence-corrected chi connectivity index (χ1v) is 10.1. The normalized spacial score (nSPS) is 31.0. The van der Waals surface area contributed by atoms with Gasteiger partial charge in [-0.15, -0.1) is 0 Å². The van der Waals surface area contributed by atoms with Crippen molar-refractivity contribution >= 4 is 5.82 Å². The second-order valence-corrected chi connectivity index (χ2v) is 9.25. The van der Waals surface area contributed by atoms with Crippen LogP contribution in [0.25, 0.3) is 0 Å². The molecule has 1 aromatic heterocycles. The first kappa shape index (κ1) is 18.5. The quantitative estimate of drug-likeness (QED) is 0.791. The van der Waals surface area contributed by atoms with E-state index in [1.54, 1.807) is 10.6 Å². The van der Waals surface area contributed by atoms with E-state index in [1.807, 2.05) is 6.20 Å². The monoisotopic (exact) mass is 345 g/mol. The zero-order chi connectivity index (χ0) is 18.4. The zero-order valence-corrected chi connectivity index (χ0v) is 16.5. The number of nitrogens with zero attached hydrogens (tertiary/aromatic N) is 2. The van der Waals surface area contributed by atoms with Crippen molar-refractivity contribution in [1.82, 2.24) is 9.55 Å². The Hall–Kier alpha value is -1.32. The molecule has 0 amide bonds. The highest BCUT2D eigenvalue weighted by Gasteiger charge is 2.47. The molecule has 6 atom stereocenters. The molecule has 0 bridgehead atoms. The van der Waals surface area contributed by atoms with Crippen LogP contribution in [0.3, 0.4) is 0 Å². The Bertz CT molecular complexity index is 663. The molecule has 140 valence electrons. The summed E-state index contributed by atoms with van der Waals surface area (Å²) in [4.78, 5) is 16.0. The highest BCUT2D eigenvalue weighted by molar-refractivity contribution is 5.23. The van der Waals surface area contributed by atoms with E-state index in [0.29, 0.717) is 23.1 Å². The Morgan fingerprint density at radius 2 is 2.04 bits per heavy atom. The maximum Gasteiger partial charge on any atom is 0.349 e. The van der Waals surface area contributed by atoms with Crippen LogP contribution in [0, 0.1) is 35.0 Å². The average Bonchev–Trinajstić information content (AvgIpc) is 3.28. The molecule has 2 saturated carbocycles. The number of aromatic nitrogens is 2. The highest BCUT2D eigenvalue weighted by Crippen LogP contribution is 2.56. The van der Waals surface area contributed by atoms with Gasteiger partial charge in [0.2, 0.25) is 0 Å². The minimum Gasteiger partial charge on any atom is -0.383 e. The van der Waals surface area contributed by atoms with Crippen molar-refractivity contribution in [1.29, 1.82) is 0 Å². The predicted octanol–water partition coefficient (Wildman–Crippen LogP) is 4.51. The van der Waals surface area contributed by atoms with Gasteiger partial charge in [0.1, 0.15) is 5.82 Å². The average molecular weight is 346 g/mol. The summed E-state index contributed by atoms with van der Waals surface area (Å²) in [7, 11) is 0. The molecule has 1 aromatic rings. The maximum absolute atomic E-state index is 12.1. The number of nitrogen functional groups attached to an aromatic ring is 1. The summed E-state index contributed by atoms with van der Waals surface area (Å²) in [6.45, 7) is 11.8. The van der Waals surface area contributed by atoms with Crippen LogP contribution in [-0.4, -0.2) is 9.55 Å². The molecule has 25 heavy (non-hydrogen) atoms. The van der Waals surface area contributed by atoms with Crippen molar-refractivity contribution in [2.75, 3.05) is 5.73 Å². The SMILES string of the molecule is CCC(CC1(C)CC1)C(C)C1CC(C(C)n2ccc(N)nc2=O)C1C. The minimum atomic E-state index is -0.218. The second kappa shape index (κ2) is 6.77. The van der Waals surface area contributed by atoms with Crippen LogP contribution in [0.1, 0.15) is 72.8 Å². The molecule has 4 nitrogen and oxygen atoms in total. The van der Waals surface area contributed by atoms with E-state index >= 15 is 0 Å². The summed E-state index contributed by atoms with van der Waals surface area (Å²) < 4.78 is 1.76. The summed E-state index contributed by atoms with van der Waals surface area (Å²) >= 11 is 0. The second-order valence-electron chi connectivity index (χ2n) is 9.25. The highest BCUT2D eigenvalue weighted by atomic mass is 16.1. The molecule has 0 aliphatic heterocycles. The number of anilines is 1. The zero-order valence-electron chi connectivity index (χ0n) is 16.5. The molecular weight excluding hydrogens is 310 g/mol. The van der Waals surface area contributed by atoms with Crippen LogP contribution in [-0.2, 0) is 0 Å². The summed E-state index contributed by atoms with van der Waals surface area (Å²) in [6.07, 6.45) is 8.57. The van der Waals surface area contributed by atoms with E-state index < -0.39 is 0 Å². The molecule has 4 heteroatoms. The van der Waals surface area contributed by atoms with E-state index in [2.05, 4.69) is 39.6 Å². The van der Waals surface area contributed by atoms with Crippen LogP contribution in [0.5, 0.6) is 0 Å². The van der Waals surface area contributed by atoms with E-state index in [0.717, 1.165) is 17.8 Å². The Morgan fingerprint density at radius 3 is 2.56 bits per heavy atom. The first-order chi connectivity index (χ1) is 11.8. The fourth-order valence-corrected chi connectivity index (χ4v) is 5.24. The summed E-state index contributed by atoms with van der Waals surface area (Å²) in [5, 5.41) is 0.